The van der Waals surface area contributed by atoms with Gasteiger partial charge in [-0.2, -0.15) is 13.2 Å². The number of halogens is 8. The lowest BCUT2D eigenvalue weighted by Crippen LogP contribution is -2.19. The third-order valence-corrected chi connectivity index (χ3v) is 4.32. The third kappa shape index (κ3) is 3.72. The van der Waals surface area contributed by atoms with Crippen LogP contribution in [0.15, 0.2) is 24.3 Å². The Labute approximate surface area is 152 Å². The number of esters is 1. The second-order valence-electron chi connectivity index (χ2n) is 4.35. The molecule has 128 valence electrons. The minimum Gasteiger partial charge on any atom is -0.420 e. The summed E-state index contributed by atoms with van der Waals surface area (Å²) < 4.78 is 57.3. The van der Waals surface area contributed by atoms with Crippen LogP contribution in [0.4, 0.5) is 17.6 Å². The maximum atomic E-state index is 13.8. The fraction of sp³-hybridized carbons (Fsp3) is 0.0714. The van der Waals surface area contributed by atoms with Gasteiger partial charge in [-0.1, -0.05) is 52.5 Å². The molecule has 0 bridgehead atoms. The van der Waals surface area contributed by atoms with Crippen LogP contribution in [0.2, 0.25) is 20.1 Å². The largest absolute Gasteiger partial charge is 0.420 e. The molecular formula is C14H4Cl4F4O2. The van der Waals surface area contributed by atoms with E-state index in [9.17, 15) is 22.4 Å². The molecule has 0 spiro atoms. The lowest BCUT2D eigenvalue weighted by atomic mass is 10.1. The van der Waals surface area contributed by atoms with E-state index in [0.29, 0.717) is 12.1 Å². The van der Waals surface area contributed by atoms with Gasteiger partial charge in [0.25, 0.3) is 0 Å². The van der Waals surface area contributed by atoms with Crippen LogP contribution in [-0.2, 0) is 6.18 Å². The average molecular weight is 422 g/mol. The SMILES string of the molecule is O=C(Oc1c(Cl)cc(Cl)c(Cl)c1Cl)c1c(F)cccc1C(F)(F)F. The van der Waals surface area contributed by atoms with Gasteiger partial charge in [-0.25, -0.2) is 9.18 Å². The fourth-order valence-corrected chi connectivity index (χ4v) is 2.74. The number of alkyl halides is 3. The van der Waals surface area contributed by atoms with Crippen molar-refractivity contribution in [2.75, 3.05) is 0 Å². The van der Waals surface area contributed by atoms with Crippen molar-refractivity contribution < 1.29 is 27.1 Å². The van der Waals surface area contributed by atoms with Crippen molar-refractivity contribution in [1.29, 1.82) is 0 Å². The predicted molar refractivity (Wildman–Crippen MR) is 82.8 cm³/mol. The summed E-state index contributed by atoms with van der Waals surface area (Å²) in [5.41, 5.74) is -2.80. The molecule has 0 aliphatic rings. The van der Waals surface area contributed by atoms with Gasteiger partial charge in [-0.3, -0.25) is 0 Å². The Bertz CT molecular complexity index is 821. The molecule has 2 aromatic rings. The van der Waals surface area contributed by atoms with E-state index in [1.54, 1.807) is 0 Å². The molecule has 2 rings (SSSR count). The van der Waals surface area contributed by atoms with Crippen molar-refractivity contribution in [1.82, 2.24) is 0 Å². The normalized spacial score (nSPS) is 11.5. The number of carbonyl (C=O) groups is 1. The molecule has 2 nitrogen and oxygen atoms in total. The van der Waals surface area contributed by atoms with Gasteiger partial charge in [0, 0.05) is 0 Å². The van der Waals surface area contributed by atoms with Crippen molar-refractivity contribution in [3.63, 3.8) is 0 Å². The van der Waals surface area contributed by atoms with Crippen LogP contribution in [0.1, 0.15) is 15.9 Å². The first kappa shape index (κ1) is 19.1. The molecule has 2 aromatic carbocycles. The predicted octanol–water partition coefficient (Wildman–Crippen LogP) is 6.68. The zero-order valence-electron chi connectivity index (χ0n) is 11.1. The molecular weight excluding hydrogens is 418 g/mol. The molecule has 0 fully saturated rings. The second-order valence-corrected chi connectivity index (χ2v) is 5.92. The summed E-state index contributed by atoms with van der Waals surface area (Å²) in [5, 5.41) is -0.969. The van der Waals surface area contributed by atoms with Gasteiger partial charge in [-0.15, -0.1) is 0 Å². The van der Waals surface area contributed by atoms with Crippen molar-refractivity contribution in [2.45, 2.75) is 6.18 Å². The van der Waals surface area contributed by atoms with Crippen LogP contribution in [-0.4, -0.2) is 5.97 Å². The van der Waals surface area contributed by atoms with E-state index < -0.39 is 39.9 Å². The van der Waals surface area contributed by atoms with Crippen LogP contribution in [0, 0.1) is 5.82 Å². The zero-order chi connectivity index (χ0) is 18.2. The number of carbonyl (C=O) groups excluding carboxylic acids is 1. The standard InChI is InChI=1S/C14H4Cl4F4O2/c15-6-4-7(16)12(11(18)10(6)17)24-13(23)9-5(14(20,21)22)2-1-3-8(9)19/h1-4H. The summed E-state index contributed by atoms with van der Waals surface area (Å²) in [6, 6.07) is 3.11. The van der Waals surface area contributed by atoms with Crippen LogP contribution >= 0.6 is 46.4 Å². The molecule has 10 heteroatoms. The van der Waals surface area contributed by atoms with Crippen LogP contribution in [0.5, 0.6) is 5.75 Å². The second kappa shape index (κ2) is 6.96. The van der Waals surface area contributed by atoms with Crippen molar-refractivity contribution in [2.24, 2.45) is 0 Å². The van der Waals surface area contributed by atoms with Gasteiger partial charge in [0.2, 0.25) is 0 Å². The molecule has 0 aliphatic carbocycles. The van der Waals surface area contributed by atoms with Gasteiger partial charge in [0.1, 0.15) is 16.4 Å². The van der Waals surface area contributed by atoms with Gasteiger partial charge < -0.3 is 4.74 Å². The van der Waals surface area contributed by atoms with Crippen molar-refractivity contribution >= 4 is 52.4 Å². The van der Waals surface area contributed by atoms with E-state index in [2.05, 4.69) is 0 Å². The first-order valence-corrected chi connectivity index (χ1v) is 7.46. The van der Waals surface area contributed by atoms with E-state index in [1.165, 1.54) is 0 Å². The summed E-state index contributed by atoms with van der Waals surface area (Å²) >= 11 is 23.1. The molecule has 0 radical (unpaired) electrons. The molecule has 24 heavy (non-hydrogen) atoms. The summed E-state index contributed by atoms with van der Waals surface area (Å²) in [6.07, 6.45) is -4.97. The Balaban J connectivity index is 2.52. The average Bonchev–Trinajstić information content (AvgIpc) is 2.48. The number of ether oxygens (including phenoxy) is 1. The van der Waals surface area contributed by atoms with Crippen LogP contribution in [0.25, 0.3) is 0 Å². The number of rotatable bonds is 2. The minimum atomic E-state index is -4.97. The van der Waals surface area contributed by atoms with Crippen molar-refractivity contribution in [3.8, 4) is 5.75 Å². The van der Waals surface area contributed by atoms with Crippen LogP contribution in [0.3, 0.4) is 0 Å². The topological polar surface area (TPSA) is 26.3 Å². The number of hydrogen-bond acceptors (Lipinski definition) is 2. The molecule has 0 aromatic heterocycles. The lowest BCUT2D eigenvalue weighted by molar-refractivity contribution is -0.138. The summed E-state index contributed by atoms with van der Waals surface area (Å²) in [5.74, 6) is -3.58. The quantitative estimate of drug-likeness (QED) is 0.178. The lowest BCUT2D eigenvalue weighted by Gasteiger charge is -2.14. The van der Waals surface area contributed by atoms with Crippen molar-refractivity contribution in [3.05, 3.63) is 61.3 Å². The van der Waals surface area contributed by atoms with Gasteiger partial charge >= 0.3 is 12.1 Å². The van der Waals surface area contributed by atoms with E-state index >= 15 is 0 Å². The Hall–Kier alpha value is -1.21. The molecule has 0 heterocycles. The highest BCUT2D eigenvalue weighted by Gasteiger charge is 2.37. The van der Waals surface area contributed by atoms with E-state index in [4.69, 9.17) is 51.1 Å². The molecule has 0 N–H and O–H groups in total. The Morgan fingerprint density at radius 2 is 1.62 bits per heavy atom. The van der Waals surface area contributed by atoms with Gasteiger partial charge in [-0.05, 0) is 18.2 Å². The van der Waals surface area contributed by atoms with E-state index in [-0.39, 0.29) is 15.1 Å². The van der Waals surface area contributed by atoms with Gasteiger partial charge in [0.15, 0.2) is 5.75 Å². The van der Waals surface area contributed by atoms with E-state index in [1.807, 2.05) is 0 Å². The molecule has 0 unspecified atom stereocenters. The molecule has 0 amide bonds. The highest BCUT2D eigenvalue weighted by Crippen LogP contribution is 2.43. The van der Waals surface area contributed by atoms with Crippen LogP contribution < -0.4 is 4.74 Å². The Morgan fingerprint density at radius 3 is 2.21 bits per heavy atom. The molecule has 0 atom stereocenters. The number of benzene rings is 2. The van der Waals surface area contributed by atoms with Gasteiger partial charge in [0.05, 0.1) is 20.6 Å². The summed E-state index contributed by atoms with van der Waals surface area (Å²) in [6.45, 7) is 0. The first-order chi connectivity index (χ1) is 11.0. The third-order valence-electron chi connectivity index (χ3n) is 2.79. The minimum absolute atomic E-state index is 0.0617. The number of hydrogen-bond donors (Lipinski definition) is 0. The molecule has 0 saturated carbocycles. The van der Waals surface area contributed by atoms with E-state index in [0.717, 1.165) is 12.1 Å². The highest BCUT2D eigenvalue weighted by atomic mass is 35.5. The summed E-state index contributed by atoms with van der Waals surface area (Å²) in [4.78, 5) is 12.0. The monoisotopic (exact) mass is 420 g/mol. The highest BCUT2D eigenvalue weighted by molar-refractivity contribution is 6.50. The zero-order valence-corrected chi connectivity index (χ0v) is 14.2. The fourth-order valence-electron chi connectivity index (χ4n) is 1.75. The smallest absolute Gasteiger partial charge is 0.417 e. The first-order valence-electron chi connectivity index (χ1n) is 5.95. The molecule has 0 saturated heterocycles. The molecule has 0 aliphatic heterocycles. The maximum Gasteiger partial charge on any atom is 0.417 e. The maximum absolute atomic E-state index is 13.8. The Morgan fingerprint density at radius 1 is 1.00 bits per heavy atom. The Kier molecular flexibility index (Phi) is 5.54. The summed E-state index contributed by atoms with van der Waals surface area (Å²) in [7, 11) is 0.